The van der Waals surface area contributed by atoms with E-state index in [1.165, 1.54) is 19.3 Å². The van der Waals surface area contributed by atoms with E-state index >= 15 is 0 Å². The average molecular weight is 262 g/mol. The number of hydrogen-bond donors (Lipinski definition) is 0. The number of ether oxygens (including phenoxy) is 3. The zero-order valence-corrected chi connectivity index (χ0v) is 11.4. The van der Waals surface area contributed by atoms with Crippen LogP contribution in [0.25, 0.3) is 0 Å². The van der Waals surface area contributed by atoms with Crippen LogP contribution in [0.15, 0.2) is 35.5 Å². The molecule has 0 atom stereocenters. The summed E-state index contributed by atoms with van der Waals surface area (Å²) in [7, 11) is 0. The fourth-order valence-electron chi connectivity index (χ4n) is 2.69. The predicted octanol–water partition coefficient (Wildman–Crippen LogP) is 4.52. The first-order valence-electron chi connectivity index (χ1n) is 7.47. The van der Waals surface area contributed by atoms with Gasteiger partial charge in [0.2, 0.25) is 0 Å². The van der Waals surface area contributed by atoms with Gasteiger partial charge in [-0.15, -0.1) is 0 Å². The monoisotopic (exact) mass is 262 g/mol. The molecule has 3 nitrogen and oxygen atoms in total. The maximum Gasteiger partial charge on any atom is 0.405 e. The molecule has 3 aliphatic rings. The van der Waals surface area contributed by atoms with Crippen LogP contribution in [0.1, 0.15) is 57.8 Å². The Morgan fingerprint density at radius 3 is 1.26 bits per heavy atom. The number of allylic oxidation sites excluding steroid dienone is 6. The molecule has 0 N–H and O–H groups in total. The van der Waals surface area contributed by atoms with Gasteiger partial charge in [0, 0.05) is 19.3 Å². The van der Waals surface area contributed by atoms with E-state index < -0.39 is 6.48 Å². The highest BCUT2D eigenvalue weighted by Crippen LogP contribution is 2.28. The molecule has 0 aromatic carbocycles. The van der Waals surface area contributed by atoms with Gasteiger partial charge in [-0.2, -0.15) is 0 Å². The van der Waals surface area contributed by atoms with E-state index in [0.29, 0.717) is 0 Å². The maximum absolute atomic E-state index is 5.87. The van der Waals surface area contributed by atoms with E-state index in [-0.39, 0.29) is 0 Å². The lowest BCUT2D eigenvalue weighted by Gasteiger charge is -2.22. The molecule has 104 valence electrons. The molecule has 0 unspecified atom stereocenters. The second kappa shape index (κ2) is 6.18. The smallest absolute Gasteiger partial charge is 0.405 e. The summed E-state index contributed by atoms with van der Waals surface area (Å²) in [6.45, 7) is -0.599. The highest BCUT2D eigenvalue weighted by molar-refractivity contribution is 5.03. The minimum absolute atomic E-state index is 0.599. The Morgan fingerprint density at radius 2 is 1.00 bits per heavy atom. The van der Waals surface area contributed by atoms with Crippen LogP contribution in [-0.2, 0) is 14.2 Å². The van der Waals surface area contributed by atoms with Crippen molar-refractivity contribution >= 4 is 0 Å². The first-order chi connectivity index (χ1) is 9.40. The first kappa shape index (κ1) is 12.6. The molecular formula is C16H22O3. The summed E-state index contributed by atoms with van der Waals surface area (Å²) in [5, 5.41) is 0. The van der Waals surface area contributed by atoms with E-state index in [9.17, 15) is 0 Å². The van der Waals surface area contributed by atoms with Gasteiger partial charge in [0.15, 0.2) is 0 Å². The number of rotatable bonds is 6. The van der Waals surface area contributed by atoms with Crippen LogP contribution in [0.3, 0.4) is 0 Å². The van der Waals surface area contributed by atoms with Gasteiger partial charge in [0.05, 0.1) is 0 Å². The SMILES string of the molecule is C1=C(OC(OC2=CCCC2)OC2=CCCC2)CCC1. The Labute approximate surface area is 114 Å². The summed E-state index contributed by atoms with van der Waals surface area (Å²) in [6, 6.07) is 0. The summed E-state index contributed by atoms with van der Waals surface area (Å²) < 4.78 is 17.6. The summed E-state index contributed by atoms with van der Waals surface area (Å²) in [5.74, 6) is 3.05. The number of hydrogen-bond acceptors (Lipinski definition) is 3. The van der Waals surface area contributed by atoms with Crippen molar-refractivity contribution in [2.24, 2.45) is 0 Å². The lowest BCUT2D eigenvalue weighted by molar-refractivity contribution is -0.237. The van der Waals surface area contributed by atoms with E-state index in [0.717, 1.165) is 55.8 Å². The first-order valence-corrected chi connectivity index (χ1v) is 7.47. The highest BCUT2D eigenvalue weighted by Gasteiger charge is 2.21. The van der Waals surface area contributed by atoms with Gasteiger partial charge in [-0.05, 0) is 56.8 Å². The molecule has 3 rings (SSSR count). The minimum Gasteiger partial charge on any atom is -0.428 e. The Bertz CT molecular complexity index is 344. The van der Waals surface area contributed by atoms with Crippen molar-refractivity contribution < 1.29 is 14.2 Å². The van der Waals surface area contributed by atoms with E-state index in [2.05, 4.69) is 18.2 Å². The second-order valence-electron chi connectivity index (χ2n) is 5.33. The van der Waals surface area contributed by atoms with Crippen LogP contribution in [0.4, 0.5) is 0 Å². The Hall–Kier alpha value is -1.38. The molecule has 3 heteroatoms. The summed E-state index contributed by atoms with van der Waals surface area (Å²) >= 11 is 0. The normalized spacial score (nSPS) is 22.3. The van der Waals surface area contributed by atoms with Crippen LogP contribution in [0, 0.1) is 0 Å². The third-order valence-electron chi connectivity index (χ3n) is 3.74. The molecule has 0 aromatic rings. The Balaban J connectivity index is 1.59. The van der Waals surface area contributed by atoms with Gasteiger partial charge >= 0.3 is 6.48 Å². The molecule has 0 saturated heterocycles. The van der Waals surface area contributed by atoms with Gasteiger partial charge in [-0.25, -0.2) is 0 Å². The van der Waals surface area contributed by atoms with Crippen molar-refractivity contribution in [3.05, 3.63) is 35.5 Å². The largest absolute Gasteiger partial charge is 0.428 e. The molecule has 3 aliphatic carbocycles. The standard InChI is InChI=1S/C16H22O3/c1-2-8-13(7-1)17-16(18-14-9-3-4-10-14)19-15-11-5-6-12-15/h7,9,11,16H,1-6,8,10,12H2. The highest BCUT2D eigenvalue weighted by atomic mass is 16.8. The molecule has 0 aromatic heterocycles. The molecule has 0 bridgehead atoms. The minimum atomic E-state index is -0.599. The van der Waals surface area contributed by atoms with Gasteiger partial charge in [0.25, 0.3) is 0 Å². The lowest BCUT2D eigenvalue weighted by atomic mass is 10.3. The van der Waals surface area contributed by atoms with Crippen molar-refractivity contribution in [2.45, 2.75) is 64.3 Å². The van der Waals surface area contributed by atoms with Crippen LogP contribution in [0.2, 0.25) is 0 Å². The Morgan fingerprint density at radius 1 is 0.632 bits per heavy atom. The Kier molecular flexibility index (Phi) is 4.11. The third kappa shape index (κ3) is 3.55. The van der Waals surface area contributed by atoms with Gasteiger partial charge in [-0.3, -0.25) is 0 Å². The molecule has 0 aliphatic heterocycles. The molecular weight excluding hydrogens is 240 g/mol. The van der Waals surface area contributed by atoms with Crippen LogP contribution in [0.5, 0.6) is 0 Å². The van der Waals surface area contributed by atoms with Gasteiger partial charge in [0.1, 0.15) is 17.3 Å². The van der Waals surface area contributed by atoms with Gasteiger partial charge < -0.3 is 14.2 Å². The molecule has 0 saturated carbocycles. The summed E-state index contributed by atoms with van der Waals surface area (Å²) in [5.41, 5.74) is 0. The zero-order valence-electron chi connectivity index (χ0n) is 11.4. The van der Waals surface area contributed by atoms with Crippen LogP contribution >= 0.6 is 0 Å². The predicted molar refractivity (Wildman–Crippen MR) is 72.8 cm³/mol. The molecule has 0 radical (unpaired) electrons. The molecule has 0 amide bonds. The molecule has 0 fully saturated rings. The van der Waals surface area contributed by atoms with Crippen LogP contribution in [-0.4, -0.2) is 6.48 Å². The summed E-state index contributed by atoms with van der Waals surface area (Å²) in [4.78, 5) is 0. The van der Waals surface area contributed by atoms with Crippen molar-refractivity contribution in [1.82, 2.24) is 0 Å². The van der Waals surface area contributed by atoms with Crippen molar-refractivity contribution in [3.63, 3.8) is 0 Å². The average Bonchev–Trinajstić information content (AvgIpc) is 3.10. The maximum atomic E-state index is 5.87. The topological polar surface area (TPSA) is 27.7 Å². The van der Waals surface area contributed by atoms with Crippen molar-refractivity contribution in [2.75, 3.05) is 0 Å². The fraction of sp³-hybridized carbons (Fsp3) is 0.625. The van der Waals surface area contributed by atoms with E-state index in [4.69, 9.17) is 14.2 Å². The second-order valence-corrected chi connectivity index (χ2v) is 5.33. The molecule has 0 spiro atoms. The van der Waals surface area contributed by atoms with Gasteiger partial charge in [-0.1, -0.05) is 0 Å². The lowest BCUT2D eigenvalue weighted by Crippen LogP contribution is -2.19. The zero-order chi connectivity index (χ0) is 12.9. The van der Waals surface area contributed by atoms with Crippen molar-refractivity contribution in [1.29, 1.82) is 0 Å². The molecule has 19 heavy (non-hydrogen) atoms. The fourth-order valence-corrected chi connectivity index (χ4v) is 2.69. The van der Waals surface area contributed by atoms with Crippen LogP contribution < -0.4 is 0 Å². The quantitative estimate of drug-likeness (QED) is 0.658. The summed E-state index contributed by atoms with van der Waals surface area (Å²) in [6.07, 6.45) is 16.3. The third-order valence-corrected chi connectivity index (χ3v) is 3.74. The van der Waals surface area contributed by atoms with E-state index in [1.807, 2.05) is 0 Å². The molecule has 0 heterocycles. The van der Waals surface area contributed by atoms with E-state index in [1.54, 1.807) is 0 Å². The van der Waals surface area contributed by atoms with Crippen molar-refractivity contribution in [3.8, 4) is 0 Å².